The van der Waals surface area contributed by atoms with Crippen molar-refractivity contribution in [3.05, 3.63) is 35.9 Å². The minimum absolute atomic E-state index is 0.0587. The van der Waals surface area contributed by atoms with E-state index >= 15 is 0 Å². The second kappa shape index (κ2) is 12.6. The molecule has 1 heterocycles. The number of carbonyl (C=O) groups is 2. The van der Waals surface area contributed by atoms with Crippen molar-refractivity contribution in [1.82, 2.24) is 4.90 Å². The number of hydrogen-bond acceptors (Lipinski definition) is 5. The van der Waals surface area contributed by atoms with Crippen molar-refractivity contribution >= 4 is 11.9 Å². The lowest BCUT2D eigenvalue weighted by Crippen LogP contribution is -2.41. The van der Waals surface area contributed by atoms with E-state index in [-0.39, 0.29) is 37.2 Å². The quantitative estimate of drug-likeness (QED) is 0.516. The Kier molecular flexibility index (Phi) is 10.2. The highest BCUT2D eigenvalue weighted by Gasteiger charge is 2.37. The van der Waals surface area contributed by atoms with Crippen molar-refractivity contribution in [2.75, 3.05) is 6.61 Å². The molecule has 1 aromatic rings. The maximum absolute atomic E-state index is 12.9. The molecule has 6 heteroatoms. The van der Waals surface area contributed by atoms with E-state index in [0.717, 1.165) is 44.1 Å². The number of carbonyl (C=O) groups excluding carboxylic acids is 2. The maximum atomic E-state index is 12.9. The van der Waals surface area contributed by atoms with Gasteiger partial charge in [0.1, 0.15) is 12.4 Å². The molecule has 0 aromatic heterocycles. The number of unbranched alkanes of at least 4 members (excludes halogenated alkanes) is 2. The lowest BCUT2D eigenvalue weighted by Gasteiger charge is -2.29. The average molecular weight is 406 g/mol. The molecule has 1 amide bonds. The number of ether oxygens (including phenoxy) is 1. The Balaban J connectivity index is 1.88. The van der Waals surface area contributed by atoms with Crippen molar-refractivity contribution in [3.8, 4) is 0 Å². The number of likely N-dealkylation sites (tertiary alicyclic amines) is 1. The van der Waals surface area contributed by atoms with Gasteiger partial charge in [0, 0.05) is 18.5 Å². The number of Topliss-reactive ketones (excluding diaryl/α,β-unsaturated/α-hetero) is 1. The first-order valence-electron chi connectivity index (χ1n) is 10.8. The predicted octanol–water partition coefficient (Wildman–Crippen LogP) is 3.83. The molecule has 0 saturated carbocycles. The summed E-state index contributed by atoms with van der Waals surface area (Å²) in [5, 5.41) is 18.3. The summed E-state index contributed by atoms with van der Waals surface area (Å²) in [4.78, 5) is 26.1. The Labute approximate surface area is 173 Å². The standard InChI is InChI=1S/C23H35NO5/c1-18(26)12-13-21-15-14-20(10-6-3-7-11-22(27)16-25)24(21)23(28)29-17-19-8-4-2-5-9-19/h2,4-5,8-9,20-22,25,27H,3,6-7,10-17H2,1H3/t20-,21-,22-/m0/s1. The molecule has 0 bridgehead atoms. The molecule has 0 unspecified atom stereocenters. The van der Waals surface area contributed by atoms with Crippen molar-refractivity contribution in [2.24, 2.45) is 0 Å². The number of amides is 1. The van der Waals surface area contributed by atoms with Gasteiger partial charge in [0.05, 0.1) is 12.7 Å². The van der Waals surface area contributed by atoms with Crippen molar-refractivity contribution in [2.45, 2.75) is 89.5 Å². The van der Waals surface area contributed by atoms with E-state index in [1.807, 2.05) is 35.2 Å². The van der Waals surface area contributed by atoms with Gasteiger partial charge in [0.15, 0.2) is 0 Å². The van der Waals surface area contributed by atoms with Crippen LogP contribution in [0, 0.1) is 0 Å². The number of hydrogen-bond donors (Lipinski definition) is 2. The first kappa shape index (κ1) is 23.4. The molecule has 2 N–H and O–H groups in total. The van der Waals surface area contributed by atoms with Crippen LogP contribution in [0.4, 0.5) is 4.79 Å². The normalized spacial score (nSPS) is 19.9. The van der Waals surface area contributed by atoms with Gasteiger partial charge < -0.3 is 24.6 Å². The van der Waals surface area contributed by atoms with Crippen LogP contribution in [-0.2, 0) is 16.1 Å². The van der Waals surface area contributed by atoms with Crippen LogP contribution in [0.1, 0.15) is 70.3 Å². The molecule has 0 spiro atoms. The molecule has 6 nitrogen and oxygen atoms in total. The van der Waals surface area contributed by atoms with Gasteiger partial charge in [0.25, 0.3) is 0 Å². The van der Waals surface area contributed by atoms with Crippen LogP contribution in [0.3, 0.4) is 0 Å². The Morgan fingerprint density at radius 2 is 1.79 bits per heavy atom. The number of aliphatic hydroxyl groups is 2. The second-order valence-corrected chi connectivity index (χ2v) is 8.05. The van der Waals surface area contributed by atoms with Gasteiger partial charge in [-0.2, -0.15) is 0 Å². The average Bonchev–Trinajstić information content (AvgIpc) is 3.13. The minimum atomic E-state index is -0.637. The van der Waals surface area contributed by atoms with Gasteiger partial charge in [-0.25, -0.2) is 4.79 Å². The highest BCUT2D eigenvalue weighted by atomic mass is 16.6. The molecule has 0 aliphatic carbocycles. The van der Waals surface area contributed by atoms with Gasteiger partial charge in [-0.1, -0.05) is 49.6 Å². The summed E-state index contributed by atoms with van der Waals surface area (Å²) in [5.41, 5.74) is 0.958. The molecule has 3 atom stereocenters. The van der Waals surface area contributed by atoms with Crippen LogP contribution in [0.25, 0.3) is 0 Å². The van der Waals surface area contributed by atoms with Crippen molar-refractivity contribution in [1.29, 1.82) is 0 Å². The lowest BCUT2D eigenvalue weighted by molar-refractivity contribution is -0.117. The molecule has 1 saturated heterocycles. The Hall–Kier alpha value is -1.92. The van der Waals surface area contributed by atoms with Crippen molar-refractivity contribution in [3.63, 3.8) is 0 Å². The minimum Gasteiger partial charge on any atom is -0.445 e. The third kappa shape index (κ3) is 8.15. The van der Waals surface area contributed by atoms with E-state index in [0.29, 0.717) is 19.3 Å². The van der Waals surface area contributed by atoms with E-state index < -0.39 is 6.10 Å². The topological polar surface area (TPSA) is 87.1 Å². The van der Waals surface area contributed by atoms with E-state index in [1.165, 1.54) is 0 Å². The number of aliphatic hydroxyl groups excluding tert-OH is 2. The summed E-state index contributed by atoms with van der Waals surface area (Å²) in [5.74, 6) is 0.147. The summed E-state index contributed by atoms with van der Waals surface area (Å²) in [6.07, 6.45) is 6.36. The highest BCUT2D eigenvalue weighted by molar-refractivity contribution is 5.75. The highest BCUT2D eigenvalue weighted by Crippen LogP contribution is 2.31. The molecule has 1 fully saturated rings. The maximum Gasteiger partial charge on any atom is 0.410 e. The van der Waals surface area contributed by atoms with Gasteiger partial charge >= 0.3 is 6.09 Å². The predicted molar refractivity (Wildman–Crippen MR) is 111 cm³/mol. The fourth-order valence-corrected chi connectivity index (χ4v) is 4.02. The lowest BCUT2D eigenvalue weighted by atomic mass is 10.0. The number of rotatable bonds is 12. The van der Waals surface area contributed by atoms with Gasteiger partial charge in [-0.3, -0.25) is 0 Å². The molecule has 29 heavy (non-hydrogen) atoms. The monoisotopic (exact) mass is 405 g/mol. The first-order valence-corrected chi connectivity index (χ1v) is 10.8. The third-order valence-electron chi connectivity index (χ3n) is 5.65. The largest absolute Gasteiger partial charge is 0.445 e. The molecule has 1 aliphatic rings. The SMILES string of the molecule is CC(=O)CC[C@H]1CC[C@H](CCCCC[C@H](O)CO)N1C(=O)OCc1ccccc1. The number of benzene rings is 1. The summed E-state index contributed by atoms with van der Waals surface area (Å²) in [6, 6.07) is 9.84. The van der Waals surface area contributed by atoms with E-state index in [1.54, 1.807) is 6.92 Å². The van der Waals surface area contributed by atoms with Gasteiger partial charge in [0.2, 0.25) is 0 Å². The van der Waals surface area contributed by atoms with Crippen molar-refractivity contribution < 1.29 is 24.5 Å². The van der Waals surface area contributed by atoms with Crippen LogP contribution in [-0.4, -0.2) is 51.8 Å². The number of nitrogens with zero attached hydrogens (tertiary/aromatic N) is 1. The van der Waals surface area contributed by atoms with Crippen LogP contribution >= 0.6 is 0 Å². The molecule has 1 aliphatic heterocycles. The number of ketones is 1. The Morgan fingerprint density at radius 3 is 2.45 bits per heavy atom. The van der Waals surface area contributed by atoms with Gasteiger partial charge in [-0.15, -0.1) is 0 Å². The summed E-state index contributed by atoms with van der Waals surface area (Å²) in [6.45, 7) is 1.65. The fourth-order valence-electron chi connectivity index (χ4n) is 4.02. The molecule has 1 aromatic carbocycles. The Morgan fingerprint density at radius 1 is 1.10 bits per heavy atom. The van der Waals surface area contributed by atoms with Crippen LogP contribution in [0.5, 0.6) is 0 Å². The smallest absolute Gasteiger partial charge is 0.410 e. The molecule has 162 valence electrons. The zero-order valence-corrected chi connectivity index (χ0v) is 17.5. The molecule has 0 radical (unpaired) electrons. The molecular formula is C23H35NO5. The summed E-state index contributed by atoms with van der Waals surface area (Å²) < 4.78 is 5.59. The summed E-state index contributed by atoms with van der Waals surface area (Å²) >= 11 is 0. The zero-order valence-electron chi connectivity index (χ0n) is 17.5. The van der Waals surface area contributed by atoms with Gasteiger partial charge in [-0.05, 0) is 44.6 Å². The van der Waals surface area contributed by atoms with E-state index in [2.05, 4.69) is 0 Å². The molecular weight excluding hydrogens is 370 g/mol. The van der Waals surface area contributed by atoms with Crippen LogP contribution < -0.4 is 0 Å². The van der Waals surface area contributed by atoms with Crippen LogP contribution in [0.15, 0.2) is 30.3 Å². The zero-order chi connectivity index (χ0) is 21.1. The Bertz CT molecular complexity index is 621. The van der Waals surface area contributed by atoms with E-state index in [4.69, 9.17) is 9.84 Å². The van der Waals surface area contributed by atoms with Crippen LogP contribution in [0.2, 0.25) is 0 Å². The summed E-state index contributed by atoms with van der Waals surface area (Å²) in [7, 11) is 0. The fraction of sp³-hybridized carbons (Fsp3) is 0.652. The third-order valence-corrected chi connectivity index (χ3v) is 5.65. The second-order valence-electron chi connectivity index (χ2n) is 8.05. The van der Waals surface area contributed by atoms with E-state index in [9.17, 15) is 14.7 Å². The molecule has 2 rings (SSSR count). The first-order chi connectivity index (χ1) is 14.0.